The Morgan fingerprint density at radius 1 is 1.00 bits per heavy atom. The van der Waals surface area contributed by atoms with Gasteiger partial charge in [0.25, 0.3) is 0 Å². The maximum atomic E-state index is 5.84. The zero-order chi connectivity index (χ0) is 11.4. The molecule has 0 aromatic heterocycles. The molecule has 3 heteroatoms. The lowest BCUT2D eigenvalue weighted by atomic mass is 10.2. The number of hydrogen-bond acceptors (Lipinski definition) is 1. The molecule has 0 aliphatic rings. The number of halogens is 2. The lowest BCUT2D eigenvalue weighted by Gasteiger charge is -2.06. The quantitative estimate of drug-likeness (QED) is 0.787. The second-order valence-electron chi connectivity index (χ2n) is 3.29. The van der Waals surface area contributed by atoms with Crippen LogP contribution < -0.4 is 4.74 Å². The van der Waals surface area contributed by atoms with E-state index in [1.165, 1.54) is 0 Å². The minimum Gasteiger partial charge on any atom is -0.489 e. The fourth-order valence-electron chi connectivity index (χ4n) is 1.32. The van der Waals surface area contributed by atoms with Crippen molar-refractivity contribution in [3.8, 4) is 5.75 Å². The SMILES string of the molecule is Clc1[c]c(Cl)cc(COc2ccccc2)c1. The first-order chi connectivity index (χ1) is 7.74. The molecule has 0 bridgehead atoms. The molecule has 0 aliphatic heterocycles. The van der Waals surface area contributed by atoms with E-state index in [0.29, 0.717) is 16.7 Å². The van der Waals surface area contributed by atoms with Crippen molar-refractivity contribution < 1.29 is 4.74 Å². The molecule has 1 nitrogen and oxygen atoms in total. The van der Waals surface area contributed by atoms with E-state index in [0.717, 1.165) is 11.3 Å². The van der Waals surface area contributed by atoms with Crippen LogP contribution in [0.4, 0.5) is 0 Å². The molecule has 0 unspecified atom stereocenters. The average molecular weight is 252 g/mol. The van der Waals surface area contributed by atoms with Gasteiger partial charge in [-0.15, -0.1) is 0 Å². The van der Waals surface area contributed by atoms with E-state index >= 15 is 0 Å². The van der Waals surface area contributed by atoms with Gasteiger partial charge in [0.1, 0.15) is 12.4 Å². The van der Waals surface area contributed by atoms with E-state index in [4.69, 9.17) is 27.9 Å². The van der Waals surface area contributed by atoms with E-state index < -0.39 is 0 Å². The van der Waals surface area contributed by atoms with Gasteiger partial charge in [0.15, 0.2) is 0 Å². The van der Waals surface area contributed by atoms with E-state index in [1.807, 2.05) is 30.3 Å². The fourth-order valence-corrected chi connectivity index (χ4v) is 1.85. The van der Waals surface area contributed by atoms with Gasteiger partial charge in [-0.25, -0.2) is 0 Å². The Balaban J connectivity index is 2.05. The van der Waals surface area contributed by atoms with Gasteiger partial charge in [0.2, 0.25) is 0 Å². The third-order valence-corrected chi connectivity index (χ3v) is 2.42. The molecule has 16 heavy (non-hydrogen) atoms. The van der Waals surface area contributed by atoms with Crippen LogP contribution in [-0.4, -0.2) is 0 Å². The van der Waals surface area contributed by atoms with Crippen LogP contribution in [0, 0.1) is 6.07 Å². The van der Waals surface area contributed by atoms with E-state index in [1.54, 1.807) is 12.1 Å². The summed E-state index contributed by atoms with van der Waals surface area (Å²) in [6.07, 6.45) is 0. The number of rotatable bonds is 3. The summed E-state index contributed by atoms with van der Waals surface area (Å²) in [6, 6.07) is 16.0. The molecule has 0 atom stereocenters. The summed E-state index contributed by atoms with van der Waals surface area (Å²) in [5, 5.41) is 0.998. The van der Waals surface area contributed by atoms with Crippen molar-refractivity contribution >= 4 is 23.2 Å². The zero-order valence-electron chi connectivity index (χ0n) is 8.41. The summed E-state index contributed by atoms with van der Waals surface area (Å²) >= 11 is 11.7. The van der Waals surface area contributed by atoms with Crippen molar-refractivity contribution in [1.82, 2.24) is 0 Å². The normalized spacial score (nSPS) is 10.1. The first kappa shape index (κ1) is 11.3. The third kappa shape index (κ3) is 3.16. The van der Waals surface area contributed by atoms with Gasteiger partial charge in [-0.2, -0.15) is 0 Å². The molecule has 0 saturated heterocycles. The fraction of sp³-hybridized carbons (Fsp3) is 0.0769. The van der Waals surface area contributed by atoms with Gasteiger partial charge in [-0.1, -0.05) is 41.4 Å². The summed E-state index contributed by atoms with van der Waals surface area (Å²) < 4.78 is 5.57. The Morgan fingerprint density at radius 2 is 1.62 bits per heavy atom. The van der Waals surface area contributed by atoms with Crippen LogP contribution >= 0.6 is 23.2 Å². The number of para-hydroxylation sites is 1. The van der Waals surface area contributed by atoms with Crippen molar-refractivity contribution in [3.63, 3.8) is 0 Å². The van der Waals surface area contributed by atoms with Gasteiger partial charge in [0, 0.05) is 6.07 Å². The average Bonchev–Trinajstić information content (AvgIpc) is 2.27. The second kappa shape index (κ2) is 5.24. The lowest BCUT2D eigenvalue weighted by molar-refractivity contribution is 0.306. The molecule has 2 aromatic rings. The predicted molar refractivity (Wildman–Crippen MR) is 66.1 cm³/mol. The van der Waals surface area contributed by atoms with E-state index in [2.05, 4.69) is 6.07 Å². The zero-order valence-corrected chi connectivity index (χ0v) is 9.92. The van der Waals surface area contributed by atoms with Gasteiger partial charge in [-0.3, -0.25) is 0 Å². The van der Waals surface area contributed by atoms with Crippen molar-refractivity contribution in [1.29, 1.82) is 0 Å². The Morgan fingerprint density at radius 3 is 2.25 bits per heavy atom. The second-order valence-corrected chi connectivity index (χ2v) is 4.10. The van der Waals surface area contributed by atoms with Crippen molar-refractivity contribution in [2.24, 2.45) is 0 Å². The molecule has 0 heterocycles. The molecule has 0 saturated carbocycles. The molecule has 81 valence electrons. The van der Waals surface area contributed by atoms with Crippen molar-refractivity contribution in [3.05, 3.63) is 64.1 Å². The lowest BCUT2D eigenvalue weighted by Crippen LogP contribution is -1.95. The summed E-state index contributed by atoms with van der Waals surface area (Å²) in [6.45, 7) is 0.443. The summed E-state index contributed by atoms with van der Waals surface area (Å²) in [5.74, 6) is 0.822. The van der Waals surface area contributed by atoms with Crippen LogP contribution in [0.3, 0.4) is 0 Å². The molecule has 1 radical (unpaired) electrons. The monoisotopic (exact) mass is 251 g/mol. The van der Waals surface area contributed by atoms with Gasteiger partial charge in [-0.05, 0) is 29.8 Å². The minimum absolute atomic E-state index is 0.443. The Labute approximate surface area is 105 Å². The largest absolute Gasteiger partial charge is 0.489 e. The third-order valence-electron chi connectivity index (χ3n) is 2.01. The molecule has 0 spiro atoms. The van der Waals surface area contributed by atoms with Crippen LogP contribution in [0.5, 0.6) is 5.75 Å². The molecule has 2 aromatic carbocycles. The molecule has 0 fully saturated rings. The summed E-state index contributed by atoms with van der Waals surface area (Å²) in [5.41, 5.74) is 0.928. The van der Waals surface area contributed by atoms with Gasteiger partial charge in [0.05, 0.1) is 10.0 Å². The minimum atomic E-state index is 0.443. The topological polar surface area (TPSA) is 9.23 Å². The van der Waals surface area contributed by atoms with Crippen LogP contribution in [-0.2, 0) is 6.61 Å². The number of hydrogen-bond donors (Lipinski definition) is 0. The highest BCUT2D eigenvalue weighted by molar-refractivity contribution is 6.34. The molecular formula is C13H9Cl2O. The summed E-state index contributed by atoms with van der Waals surface area (Å²) in [7, 11) is 0. The Kier molecular flexibility index (Phi) is 3.70. The predicted octanol–water partition coefficient (Wildman–Crippen LogP) is 4.37. The first-order valence-corrected chi connectivity index (χ1v) is 5.55. The molecule has 2 rings (SSSR count). The maximum absolute atomic E-state index is 5.84. The smallest absolute Gasteiger partial charge is 0.119 e. The van der Waals surface area contributed by atoms with E-state index in [-0.39, 0.29) is 0 Å². The van der Waals surface area contributed by atoms with Crippen LogP contribution in [0.25, 0.3) is 0 Å². The number of ether oxygens (including phenoxy) is 1. The van der Waals surface area contributed by atoms with Crippen molar-refractivity contribution in [2.75, 3.05) is 0 Å². The summed E-state index contributed by atoms with van der Waals surface area (Å²) in [4.78, 5) is 0. The van der Waals surface area contributed by atoms with E-state index in [9.17, 15) is 0 Å². The maximum Gasteiger partial charge on any atom is 0.119 e. The standard InChI is InChI=1S/C13H9Cl2O/c14-11-6-10(7-12(15)8-11)9-16-13-4-2-1-3-5-13/h1-7H,9H2. The molecule has 0 aliphatic carbocycles. The van der Waals surface area contributed by atoms with Crippen LogP contribution in [0.1, 0.15) is 5.56 Å². The van der Waals surface area contributed by atoms with Crippen LogP contribution in [0.2, 0.25) is 10.0 Å². The van der Waals surface area contributed by atoms with Gasteiger partial charge < -0.3 is 4.74 Å². The first-order valence-electron chi connectivity index (χ1n) is 4.79. The molecule has 0 amide bonds. The Bertz CT molecular complexity index is 448. The highest BCUT2D eigenvalue weighted by Crippen LogP contribution is 2.19. The van der Waals surface area contributed by atoms with Crippen LogP contribution in [0.15, 0.2) is 42.5 Å². The molecule has 0 N–H and O–H groups in total. The highest BCUT2D eigenvalue weighted by atomic mass is 35.5. The Hall–Kier alpha value is -1.18. The van der Waals surface area contributed by atoms with Gasteiger partial charge >= 0.3 is 0 Å². The highest BCUT2D eigenvalue weighted by Gasteiger charge is 1.99. The number of benzene rings is 2. The molecular weight excluding hydrogens is 243 g/mol. The van der Waals surface area contributed by atoms with Crippen molar-refractivity contribution in [2.45, 2.75) is 6.61 Å².